The van der Waals surface area contributed by atoms with Gasteiger partial charge in [0, 0.05) is 18.9 Å². The first-order chi connectivity index (χ1) is 12.1. The Morgan fingerprint density at radius 3 is 2.56 bits per heavy atom. The van der Waals surface area contributed by atoms with E-state index in [1.165, 1.54) is 0 Å². The lowest BCUT2D eigenvalue weighted by molar-refractivity contribution is -0.146. The van der Waals surface area contributed by atoms with E-state index in [2.05, 4.69) is 0 Å². The Balaban J connectivity index is 2.62. The van der Waals surface area contributed by atoms with E-state index in [-0.39, 0.29) is 25.9 Å². The lowest BCUT2D eigenvalue weighted by atomic mass is 9.81. The van der Waals surface area contributed by atoms with E-state index in [1.807, 2.05) is 19.9 Å². The molecule has 2 atom stereocenters. The van der Waals surface area contributed by atoms with E-state index in [9.17, 15) is 9.59 Å². The summed E-state index contributed by atoms with van der Waals surface area (Å²) in [6.07, 6.45) is 1.45. The normalized spacial score (nSPS) is 14.5. The summed E-state index contributed by atoms with van der Waals surface area (Å²) in [6.45, 7) is 4.95. The molecular weight excluding hydrogens is 324 g/mol. The second-order valence-corrected chi connectivity index (χ2v) is 6.05. The van der Waals surface area contributed by atoms with Crippen LogP contribution in [-0.4, -0.2) is 52.1 Å². The highest BCUT2D eigenvalue weighted by Crippen LogP contribution is 2.30. The molecule has 0 radical (unpaired) electrons. The highest BCUT2D eigenvalue weighted by Gasteiger charge is 2.35. The molecule has 0 aliphatic heterocycles. The fourth-order valence-corrected chi connectivity index (χ4v) is 2.50. The molecule has 6 heteroatoms. The van der Waals surface area contributed by atoms with Crippen LogP contribution in [0.2, 0.25) is 0 Å². The second-order valence-electron chi connectivity index (χ2n) is 6.05. The fourth-order valence-electron chi connectivity index (χ4n) is 2.50. The van der Waals surface area contributed by atoms with Crippen molar-refractivity contribution in [2.75, 3.05) is 33.7 Å². The summed E-state index contributed by atoms with van der Waals surface area (Å²) in [4.78, 5) is 23.3. The molecule has 0 amide bonds. The van der Waals surface area contributed by atoms with Gasteiger partial charge in [0.2, 0.25) is 0 Å². The van der Waals surface area contributed by atoms with Crippen molar-refractivity contribution in [3.05, 3.63) is 35.9 Å². The minimum absolute atomic E-state index is 0.0933. The molecule has 140 valence electrons. The summed E-state index contributed by atoms with van der Waals surface area (Å²) < 4.78 is 21.4. The second kappa shape index (κ2) is 11.7. The van der Waals surface area contributed by atoms with Crippen molar-refractivity contribution >= 4 is 12.3 Å². The number of aldehydes is 1. The number of carbonyl (C=O) groups is 2. The Bertz CT molecular complexity index is 504. The number of carbonyl (C=O) groups excluding carboxylic acids is 2. The average molecular weight is 352 g/mol. The van der Waals surface area contributed by atoms with Gasteiger partial charge in [-0.15, -0.1) is 0 Å². The zero-order valence-corrected chi connectivity index (χ0v) is 15.2. The molecule has 0 bridgehead atoms. The Labute approximate surface area is 149 Å². The van der Waals surface area contributed by atoms with Gasteiger partial charge in [0.15, 0.2) is 0 Å². The number of esters is 1. The van der Waals surface area contributed by atoms with Crippen LogP contribution in [0.25, 0.3) is 0 Å². The van der Waals surface area contributed by atoms with Crippen molar-refractivity contribution in [2.45, 2.75) is 32.8 Å². The van der Waals surface area contributed by atoms with Crippen molar-refractivity contribution in [3.8, 4) is 0 Å². The lowest BCUT2D eigenvalue weighted by Crippen LogP contribution is -2.40. The van der Waals surface area contributed by atoms with Crippen LogP contribution in [0.3, 0.4) is 0 Å². The first kappa shape index (κ1) is 21.3. The summed E-state index contributed by atoms with van der Waals surface area (Å²) in [7, 11) is 1.60. The van der Waals surface area contributed by atoms with E-state index in [0.29, 0.717) is 25.2 Å². The summed E-state index contributed by atoms with van der Waals surface area (Å²) >= 11 is 0. The molecule has 0 unspecified atom stereocenters. The average Bonchev–Trinajstić information content (AvgIpc) is 2.63. The molecule has 25 heavy (non-hydrogen) atoms. The van der Waals surface area contributed by atoms with E-state index in [4.69, 9.17) is 18.9 Å². The Kier molecular flexibility index (Phi) is 9.99. The van der Waals surface area contributed by atoms with Crippen molar-refractivity contribution in [1.82, 2.24) is 0 Å². The van der Waals surface area contributed by atoms with Crippen LogP contribution in [-0.2, 0) is 23.7 Å². The maximum absolute atomic E-state index is 12.1. The van der Waals surface area contributed by atoms with E-state index >= 15 is 0 Å². The molecule has 1 aromatic rings. The van der Waals surface area contributed by atoms with Gasteiger partial charge in [-0.3, -0.25) is 0 Å². The molecule has 1 aromatic carbocycles. The molecule has 0 aromatic heterocycles. The van der Waals surface area contributed by atoms with Gasteiger partial charge in [-0.25, -0.2) is 4.79 Å². The number of hydrogen-bond acceptors (Lipinski definition) is 6. The fraction of sp³-hybridized carbons (Fsp3) is 0.579. The minimum Gasteiger partial charge on any atom is -0.461 e. The van der Waals surface area contributed by atoms with E-state index in [0.717, 1.165) is 6.29 Å². The van der Waals surface area contributed by atoms with Gasteiger partial charge in [0.25, 0.3) is 0 Å². The maximum atomic E-state index is 12.1. The van der Waals surface area contributed by atoms with Crippen LogP contribution >= 0.6 is 0 Å². The van der Waals surface area contributed by atoms with Crippen molar-refractivity contribution in [2.24, 2.45) is 5.41 Å². The van der Waals surface area contributed by atoms with Gasteiger partial charge < -0.3 is 23.7 Å². The Morgan fingerprint density at radius 2 is 1.96 bits per heavy atom. The van der Waals surface area contributed by atoms with Crippen molar-refractivity contribution in [1.29, 1.82) is 0 Å². The summed E-state index contributed by atoms with van der Waals surface area (Å²) in [5.74, 6) is -0.413. The largest absolute Gasteiger partial charge is 0.461 e. The zero-order chi connectivity index (χ0) is 18.5. The number of hydrogen-bond donors (Lipinski definition) is 0. The first-order valence-corrected chi connectivity index (χ1v) is 8.41. The summed E-state index contributed by atoms with van der Waals surface area (Å²) in [5, 5.41) is 0. The molecular formula is C19H28O6. The number of rotatable bonds is 13. The smallest absolute Gasteiger partial charge is 0.338 e. The molecule has 0 aliphatic rings. The van der Waals surface area contributed by atoms with Gasteiger partial charge in [-0.2, -0.15) is 0 Å². The lowest BCUT2D eigenvalue weighted by Gasteiger charge is -2.35. The standard InChI is InChI=1S/C19H28O6/c1-4-17(25-15-23-13-12-22-3)19(2,10-11-20)14-24-18(21)16-8-6-5-7-9-16/h5-9,11,17H,4,10,12-15H2,1-3H3/t17-,19-/m1/s1. The van der Waals surface area contributed by atoms with Crippen LogP contribution in [0, 0.1) is 5.41 Å². The third kappa shape index (κ3) is 7.34. The van der Waals surface area contributed by atoms with Gasteiger partial charge >= 0.3 is 5.97 Å². The van der Waals surface area contributed by atoms with E-state index in [1.54, 1.807) is 31.4 Å². The summed E-state index contributed by atoms with van der Waals surface area (Å²) in [6, 6.07) is 8.76. The third-order valence-electron chi connectivity index (χ3n) is 4.02. The number of benzene rings is 1. The molecule has 0 fully saturated rings. The minimum atomic E-state index is -0.619. The van der Waals surface area contributed by atoms with Crippen molar-refractivity contribution in [3.63, 3.8) is 0 Å². The van der Waals surface area contributed by atoms with Crippen LogP contribution < -0.4 is 0 Å². The molecule has 0 N–H and O–H groups in total. The molecule has 0 aliphatic carbocycles. The van der Waals surface area contributed by atoms with E-state index < -0.39 is 11.4 Å². The third-order valence-corrected chi connectivity index (χ3v) is 4.02. The highest BCUT2D eigenvalue weighted by molar-refractivity contribution is 5.89. The Hall–Kier alpha value is -1.76. The summed E-state index contributed by atoms with van der Waals surface area (Å²) in [5.41, 5.74) is -0.140. The molecule has 0 spiro atoms. The molecule has 1 rings (SSSR count). The van der Waals surface area contributed by atoms with Gasteiger partial charge in [0.1, 0.15) is 13.1 Å². The topological polar surface area (TPSA) is 71.1 Å². The maximum Gasteiger partial charge on any atom is 0.338 e. The van der Waals surface area contributed by atoms with Gasteiger partial charge in [-0.1, -0.05) is 32.0 Å². The predicted molar refractivity (Wildman–Crippen MR) is 93.4 cm³/mol. The molecule has 0 saturated carbocycles. The van der Waals surface area contributed by atoms with Crippen LogP contribution in [0.15, 0.2) is 30.3 Å². The highest BCUT2D eigenvalue weighted by atomic mass is 16.7. The predicted octanol–water partition coefficient (Wildman–Crippen LogP) is 2.85. The van der Waals surface area contributed by atoms with Gasteiger partial charge in [-0.05, 0) is 18.6 Å². The number of ether oxygens (including phenoxy) is 4. The number of methoxy groups -OCH3 is 1. The first-order valence-electron chi connectivity index (χ1n) is 8.41. The molecule has 0 saturated heterocycles. The quantitative estimate of drug-likeness (QED) is 0.235. The zero-order valence-electron chi connectivity index (χ0n) is 15.2. The SMILES string of the molecule is CC[C@@H](OCOCCOC)[C@](C)(CC=O)COC(=O)c1ccccc1. The van der Waals surface area contributed by atoms with Crippen LogP contribution in [0.5, 0.6) is 0 Å². The van der Waals surface area contributed by atoms with Gasteiger partial charge in [0.05, 0.1) is 31.5 Å². The molecule has 6 nitrogen and oxygen atoms in total. The monoisotopic (exact) mass is 352 g/mol. The van der Waals surface area contributed by atoms with Crippen LogP contribution in [0.1, 0.15) is 37.0 Å². The van der Waals surface area contributed by atoms with Crippen LogP contribution in [0.4, 0.5) is 0 Å². The molecule has 0 heterocycles. The van der Waals surface area contributed by atoms with Crippen molar-refractivity contribution < 1.29 is 28.5 Å². The Morgan fingerprint density at radius 1 is 1.24 bits per heavy atom.